The third-order valence-electron chi connectivity index (χ3n) is 3.70. The highest BCUT2D eigenvalue weighted by Crippen LogP contribution is 2.21. The third-order valence-corrected chi connectivity index (χ3v) is 5.73. The first-order valence-corrected chi connectivity index (χ1v) is 9.48. The van der Waals surface area contributed by atoms with Gasteiger partial charge >= 0.3 is 0 Å². The lowest BCUT2D eigenvalue weighted by atomic mass is 10.2. The highest BCUT2D eigenvalue weighted by atomic mass is 32.2. The van der Waals surface area contributed by atoms with E-state index in [0.717, 1.165) is 0 Å². The van der Waals surface area contributed by atoms with Crippen molar-refractivity contribution < 1.29 is 18.3 Å². The predicted molar refractivity (Wildman–Crippen MR) is 100 cm³/mol. The molecule has 140 valence electrons. The molecule has 0 amide bonds. The highest BCUT2D eigenvalue weighted by molar-refractivity contribution is 7.89. The SMILES string of the molecule is CCN(CC)S(=O)(=O)c1ccc(N/N=C/c2cc(OC)ccc2O)nc1. The summed E-state index contributed by atoms with van der Waals surface area (Å²) in [6, 6.07) is 7.77. The molecule has 2 aromatic rings. The zero-order chi connectivity index (χ0) is 19.2. The molecule has 0 unspecified atom stereocenters. The van der Waals surface area contributed by atoms with Crippen molar-refractivity contribution in [2.45, 2.75) is 18.7 Å². The number of methoxy groups -OCH3 is 1. The first kappa shape index (κ1) is 19.7. The van der Waals surface area contributed by atoms with Gasteiger partial charge in [-0.2, -0.15) is 9.41 Å². The van der Waals surface area contributed by atoms with Gasteiger partial charge in [0.15, 0.2) is 0 Å². The van der Waals surface area contributed by atoms with Gasteiger partial charge in [0.2, 0.25) is 10.0 Å². The quantitative estimate of drug-likeness (QED) is 0.539. The van der Waals surface area contributed by atoms with Gasteiger partial charge in [0.05, 0.1) is 13.3 Å². The molecule has 0 saturated heterocycles. The summed E-state index contributed by atoms with van der Waals surface area (Å²) in [6.07, 6.45) is 2.70. The van der Waals surface area contributed by atoms with Crippen molar-refractivity contribution in [1.29, 1.82) is 0 Å². The van der Waals surface area contributed by atoms with E-state index in [1.807, 2.05) is 0 Å². The van der Waals surface area contributed by atoms with Crippen molar-refractivity contribution in [3.05, 3.63) is 42.1 Å². The molecule has 0 spiro atoms. The zero-order valence-electron chi connectivity index (χ0n) is 14.9. The van der Waals surface area contributed by atoms with Crippen LogP contribution in [0.1, 0.15) is 19.4 Å². The molecule has 0 radical (unpaired) electrons. The van der Waals surface area contributed by atoms with E-state index < -0.39 is 10.0 Å². The monoisotopic (exact) mass is 378 g/mol. The van der Waals surface area contributed by atoms with E-state index >= 15 is 0 Å². The molecule has 9 heteroatoms. The first-order valence-electron chi connectivity index (χ1n) is 8.04. The van der Waals surface area contributed by atoms with Crippen LogP contribution in [0.5, 0.6) is 11.5 Å². The summed E-state index contributed by atoms with van der Waals surface area (Å²) in [7, 11) is -2.01. The Balaban J connectivity index is 2.10. The normalized spacial score (nSPS) is 11.8. The molecule has 26 heavy (non-hydrogen) atoms. The molecule has 0 saturated carbocycles. The van der Waals surface area contributed by atoms with Crippen LogP contribution in [-0.4, -0.2) is 49.2 Å². The smallest absolute Gasteiger partial charge is 0.244 e. The van der Waals surface area contributed by atoms with E-state index in [-0.39, 0.29) is 10.6 Å². The number of hydrogen-bond acceptors (Lipinski definition) is 7. The molecule has 1 aromatic heterocycles. The minimum absolute atomic E-state index is 0.0602. The Bertz CT molecular complexity index is 863. The fourth-order valence-corrected chi connectivity index (χ4v) is 3.65. The Kier molecular flexibility index (Phi) is 6.53. The average molecular weight is 378 g/mol. The molecule has 1 heterocycles. The minimum atomic E-state index is -3.54. The number of rotatable bonds is 8. The van der Waals surface area contributed by atoms with E-state index in [9.17, 15) is 13.5 Å². The lowest BCUT2D eigenvalue weighted by Crippen LogP contribution is -2.30. The summed E-state index contributed by atoms with van der Waals surface area (Å²) in [6.45, 7) is 4.36. The second-order valence-electron chi connectivity index (χ2n) is 5.26. The van der Waals surface area contributed by atoms with Crippen LogP contribution in [-0.2, 0) is 10.0 Å². The van der Waals surface area contributed by atoms with Crippen LogP contribution < -0.4 is 10.2 Å². The van der Waals surface area contributed by atoms with Crippen LogP contribution in [0, 0.1) is 0 Å². The number of nitrogens with zero attached hydrogens (tertiary/aromatic N) is 3. The Morgan fingerprint density at radius 3 is 2.58 bits per heavy atom. The number of hydrazone groups is 1. The molecule has 2 rings (SSSR count). The Hall–Kier alpha value is -2.65. The summed E-state index contributed by atoms with van der Waals surface area (Å²) >= 11 is 0. The molecule has 1 aromatic carbocycles. The molecule has 2 N–H and O–H groups in total. The van der Waals surface area contributed by atoms with Crippen molar-refractivity contribution in [3.8, 4) is 11.5 Å². The number of phenols is 1. The topological polar surface area (TPSA) is 104 Å². The van der Waals surface area contributed by atoms with Crippen LogP contribution in [0.3, 0.4) is 0 Å². The number of nitrogens with one attached hydrogen (secondary N) is 1. The summed E-state index contributed by atoms with van der Waals surface area (Å²) in [4.78, 5) is 4.19. The van der Waals surface area contributed by atoms with Gasteiger partial charge in [0.1, 0.15) is 22.2 Å². The Morgan fingerprint density at radius 1 is 1.27 bits per heavy atom. The summed E-state index contributed by atoms with van der Waals surface area (Å²) in [5.41, 5.74) is 3.16. The van der Waals surface area contributed by atoms with E-state index in [1.165, 1.54) is 42.0 Å². The second-order valence-corrected chi connectivity index (χ2v) is 7.20. The van der Waals surface area contributed by atoms with Crippen molar-refractivity contribution in [1.82, 2.24) is 9.29 Å². The van der Waals surface area contributed by atoms with Gasteiger partial charge in [0, 0.05) is 24.8 Å². The van der Waals surface area contributed by atoms with Gasteiger partial charge in [-0.3, -0.25) is 5.43 Å². The molecule has 8 nitrogen and oxygen atoms in total. The van der Waals surface area contributed by atoms with Gasteiger partial charge in [-0.05, 0) is 30.3 Å². The molecule has 0 fully saturated rings. The Labute approximate surface area is 153 Å². The number of ether oxygens (including phenoxy) is 1. The molecule has 0 bridgehead atoms. The average Bonchev–Trinajstić information content (AvgIpc) is 2.64. The van der Waals surface area contributed by atoms with Crippen LogP contribution >= 0.6 is 0 Å². The fourth-order valence-electron chi connectivity index (χ4n) is 2.24. The van der Waals surface area contributed by atoms with E-state index in [2.05, 4.69) is 15.5 Å². The third kappa shape index (κ3) is 4.50. The molecular formula is C17H22N4O4S. The van der Waals surface area contributed by atoms with E-state index in [1.54, 1.807) is 26.0 Å². The van der Waals surface area contributed by atoms with Crippen molar-refractivity contribution in [2.75, 3.05) is 25.6 Å². The predicted octanol–water partition coefficient (Wildman–Crippen LogP) is 2.27. The van der Waals surface area contributed by atoms with Crippen molar-refractivity contribution >= 4 is 22.1 Å². The van der Waals surface area contributed by atoms with Crippen molar-refractivity contribution in [2.24, 2.45) is 5.10 Å². The number of sulfonamides is 1. The highest BCUT2D eigenvalue weighted by Gasteiger charge is 2.21. The lowest BCUT2D eigenvalue weighted by Gasteiger charge is -2.18. The molecule has 0 aliphatic carbocycles. The number of hydrogen-bond donors (Lipinski definition) is 2. The minimum Gasteiger partial charge on any atom is -0.507 e. The number of aromatic hydroxyl groups is 1. The van der Waals surface area contributed by atoms with Crippen LogP contribution in [0.2, 0.25) is 0 Å². The van der Waals surface area contributed by atoms with Gasteiger partial charge in [-0.25, -0.2) is 13.4 Å². The molecule has 0 aliphatic heterocycles. The number of pyridine rings is 1. The number of anilines is 1. The summed E-state index contributed by atoms with van der Waals surface area (Å²) < 4.78 is 31.3. The standard InChI is InChI=1S/C17H22N4O4S/c1-4-21(5-2)26(23,24)15-7-9-17(18-12-15)20-19-11-13-10-14(25-3)6-8-16(13)22/h6-12,22H,4-5H2,1-3H3,(H,18,20)/b19-11+. The summed E-state index contributed by atoms with van der Waals surface area (Å²) in [5.74, 6) is 1.03. The Morgan fingerprint density at radius 2 is 2.00 bits per heavy atom. The molecular weight excluding hydrogens is 356 g/mol. The second kappa shape index (κ2) is 8.63. The fraction of sp³-hybridized carbons (Fsp3) is 0.294. The number of benzene rings is 1. The van der Waals surface area contributed by atoms with E-state index in [4.69, 9.17) is 4.74 Å². The van der Waals surface area contributed by atoms with Gasteiger partial charge in [-0.15, -0.1) is 0 Å². The maximum Gasteiger partial charge on any atom is 0.244 e. The lowest BCUT2D eigenvalue weighted by molar-refractivity contribution is 0.412. The maximum atomic E-state index is 12.4. The van der Waals surface area contributed by atoms with Crippen LogP contribution in [0.25, 0.3) is 0 Å². The van der Waals surface area contributed by atoms with Crippen LogP contribution in [0.15, 0.2) is 46.5 Å². The molecule has 0 aliphatic rings. The summed E-state index contributed by atoms with van der Waals surface area (Å²) in [5, 5.41) is 13.8. The number of aromatic nitrogens is 1. The van der Waals surface area contributed by atoms with Gasteiger partial charge in [-0.1, -0.05) is 13.8 Å². The molecule has 0 atom stereocenters. The maximum absolute atomic E-state index is 12.4. The van der Waals surface area contributed by atoms with Gasteiger partial charge in [0.25, 0.3) is 0 Å². The number of phenolic OH excluding ortho intramolecular Hbond substituents is 1. The first-order chi connectivity index (χ1) is 12.4. The van der Waals surface area contributed by atoms with Crippen LogP contribution in [0.4, 0.5) is 5.82 Å². The van der Waals surface area contributed by atoms with Crippen molar-refractivity contribution in [3.63, 3.8) is 0 Å². The van der Waals surface area contributed by atoms with E-state index in [0.29, 0.717) is 30.2 Å². The zero-order valence-corrected chi connectivity index (χ0v) is 15.7. The largest absolute Gasteiger partial charge is 0.507 e. The van der Waals surface area contributed by atoms with Gasteiger partial charge < -0.3 is 9.84 Å².